The second-order valence-corrected chi connectivity index (χ2v) is 8.20. The van der Waals surface area contributed by atoms with Crippen LogP contribution in [-0.4, -0.2) is 27.2 Å². The Morgan fingerprint density at radius 2 is 2.06 bits per heavy atom. The van der Waals surface area contributed by atoms with Crippen molar-refractivity contribution >= 4 is 34.8 Å². The molecule has 0 saturated carbocycles. The van der Waals surface area contributed by atoms with Gasteiger partial charge in [0.2, 0.25) is 0 Å². The number of non-ortho nitro benzene ring substituents is 1. The summed E-state index contributed by atoms with van der Waals surface area (Å²) >= 11 is 1.10. The molecule has 1 aliphatic rings. The molecule has 0 bridgehead atoms. The summed E-state index contributed by atoms with van der Waals surface area (Å²) in [4.78, 5) is 41.7. The first kappa shape index (κ1) is 22.2. The summed E-state index contributed by atoms with van der Waals surface area (Å²) in [5.41, 5.74) is 0.860. The normalized spacial score (nSPS) is 15.7. The number of rotatable bonds is 5. The number of hydrogen-bond donors (Lipinski definition) is 1. The van der Waals surface area contributed by atoms with Crippen LogP contribution in [0, 0.1) is 10.1 Å². The standard InChI is InChI=1S/C23H19N3O6S/c1-3-32-22(29)19-13(2)25-21(28)18(12-14-7-4-5-10-17(14)27)33-23(25)24-20(19)15-8-6-9-16(11-15)26(30)31/h4-12,20,27H,3H2,1-2H3/b18-12-/t20-/m1/s1. The van der Waals surface area contributed by atoms with Crippen molar-refractivity contribution in [1.29, 1.82) is 0 Å². The molecule has 0 fully saturated rings. The molecule has 0 unspecified atom stereocenters. The molecule has 1 atom stereocenters. The average Bonchev–Trinajstić information content (AvgIpc) is 3.10. The third kappa shape index (κ3) is 4.08. The lowest BCUT2D eigenvalue weighted by Gasteiger charge is -2.22. The van der Waals surface area contributed by atoms with Crippen molar-refractivity contribution in [3.8, 4) is 5.75 Å². The number of aromatic nitrogens is 1. The minimum atomic E-state index is -0.875. The quantitative estimate of drug-likeness (QED) is 0.351. The monoisotopic (exact) mass is 465 g/mol. The Labute approximate surface area is 191 Å². The van der Waals surface area contributed by atoms with Gasteiger partial charge in [0.25, 0.3) is 11.2 Å². The summed E-state index contributed by atoms with van der Waals surface area (Å²) in [6, 6.07) is 11.6. The summed E-state index contributed by atoms with van der Waals surface area (Å²) in [6.07, 6.45) is 1.56. The molecular weight excluding hydrogens is 446 g/mol. The number of aromatic hydroxyl groups is 1. The van der Waals surface area contributed by atoms with Gasteiger partial charge in [0.15, 0.2) is 4.80 Å². The molecule has 2 aromatic carbocycles. The molecule has 0 saturated heterocycles. The first-order chi connectivity index (χ1) is 15.8. The number of ether oxygens (including phenoxy) is 1. The van der Waals surface area contributed by atoms with Crippen LogP contribution in [0.25, 0.3) is 11.8 Å². The Morgan fingerprint density at radius 3 is 2.76 bits per heavy atom. The van der Waals surface area contributed by atoms with Gasteiger partial charge in [-0.05, 0) is 31.6 Å². The minimum absolute atomic E-state index is 0.0270. The summed E-state index contributed by atoms with van der Waals surface area (Å²) in [5, 5.41) is 21.3. The van der Waals surface area contributed by atoms with Crippen LogP contribution in [0.3, 0.4) is 0 Å². The fourth-order valence-corrected chi connectivity index (χ4v) is 4.65. The number of nitrogens with zero attached hydrogens (tertiary/aromatic N) is 3. The predicted octanol–water partition coefficient (Wildman–Crippen LogP) is 2.52. The molecule has 1 aromatic heterocycles. The Hall–Kier alpha value is -4.05. The molecule has 0 amide bonds. The zero-order chi connectivity index (χ0) is 23.7. The van der Waals surface area contributed by atoms with E-state index in [9.17, 15) is 24.8 Å². The van der Waals surface area contributed by atoms with Crippen molar-refractivity contribution in [2.24, 2.45) is 4.99 Å². The van der Waals surface area contributed by atoms with Gasteiger partial charge in [-0.1, -0.05) is 41.7 Å². The lowest BCUT2D eigenvalue weighted by molar-refractivity contribution is -0.384. The maximum atomic E-state index is 13.2. The topological polar surface area (TPSA) is 124 Å². The molecule has 10 heteroatoms. The van der Waals surface area contributed by atoms with Crippen molar-refractivity contribution in [2.45, 2.75) is 19.9 Å². The molecule has 4 rings (SSSR count). The van der Waals surface area contributed by atoms with Gasteiger partial charge < -0.3 is 9.84 Å². The van der Waals surface area contributed by atoms with E-state index in [-0.39, 0.29) is 23.6 Å². The number of carbonyl (C=O) groups excluding carboxylic acids is 1. The molecule has 1 N–H and O–H groups in total. The summed E-state index contributed by atoms with van der Waals surface area (Å²) < 4.78 is 6.86. The molecule has 33 heavy (non-hydrogen) atoms. The van der Waals surface area contributed by atoms with E-state index in [1.54, 1.807) is 44.2 Å². The van der Waals surface area contributed by atoms with Gasteiger partial charge in [-0.2, -0.15) is 0 Å². The first-order valence-corrected chi connectivity index (χ1v) is 10.9. The van der Waals surface area contributed by atoms with Crippen LogP contribution in [0.5, 0.6) is 5.75 Å². The van der Waals surface area contributed by atoms with E-state index < -0.39 is 22.5 Å². The molecule has 9 nitrogen and oxygen atoms in total. The van der Waals surface area contributed by atoms with Crippen LogP contribution in [0.15, 0.2) is 63.9 Å². The predicted molar refractivity (Wildman–Crippen MR) is 122 cm³/mol. The smallest absolute Gasteiger partial charge is 0.338 e. The Balaban J connectivity index is 1.97. The van der Waals surface area contributed by atoms with Crippen molar-refractivity contribution in [3.05, 3.63) is 95.0 Å². The molecule has 0 spiro atoms. The Bertz CT molecular complexity index is 1480. The van der Waals surface area contributed by atoms with Gasteiger partial charge in [-0.15, -0.1) is 0 Å². The molecular formula is C23H19N3O6S. The number of benzene rings is 2. The average molecular weight is 465 g/mol. The lowest BCUT2D eigenvalue weighted by atomic mass is 9.96. The van der Waals surface area contributed by atoms with Gasteiger partial charge in [0, 0.05) is 23.4 Å². The number of phenols is 1. The van der Waals surface area contributed by atoms with Crippen molar-refractivity contribution in [2.75, 3.05) is 6.61 Å². The van der Waals surface area contributed by atoms with Gasteiger partial charge in [0.05, 0.1) is 21.6 Å². The molecule has 3 aromatic rings. The lowest BCUT2D eigenvalue weighted by Crippen LogP contribution is -2.35. The van der Waals surface area contributed by atoms with E-state index in [0.717, 1.165) is 11.3 Å². The van der Waals surface area contributed by atoms with Crippen molar-refractivity contribution < 1.29 is 19.6 Å². The molecule has 1 aliphatic heterocycles. The molecule has 0 radical (unpaired) electrons. The summed E-state index contributed by atoms with van der Waals surface area (Å²) in [6.45, 7) is 3.40. The van der Waals surface area contributed by atoms with Crippen LogP contribution in [0.1, 0.15) is 31.0 Å². The highest BCUT2D eigenvalue weighted by atomic mass is 32.1. The highest BCUT2D eigenvalue weighted by Gasteiger charge is 2.32. The maximum absolute atomic E-state index is 13.2. The highest BCUT2D eigenvalue weighted by Crippen LogP contribution is 2.33. The van der Waals surface area contributed by atoms with E-state index in [1.807, 2.05) is 0 Å². The van der Waals surface area contributed by atoms with E-state index >= 15 is 0 Å². The third-order valence-corrected chi connectivity index (χ3v) is 6.14. The SMILES string of the molecule is CCOC(=O)C1=C(C)n2c(s/c(=C\c3ccccc3O)c2=O)=N[C@@H]1c1cccc([N+](=O)[O-])c1. The van der Waals surface area contributed by atoms with E-state index in [2.05, 4.69) is 4.99 Å². The number of esters is 1. The maximum Gasteiger partial charge on any atom is 0.338 e. The van der Waals surface area contributed by atoms with Crippen LogP contribution in [0.2, 0.25) is 0 Å². The number of allylic oxidation sites excluding steroid dienone is 1. The number of para-hydroxylation sites is 1. The zero-order valence-corrected chi connectivity index (χ0v) is 18.5. The number of phenolic OH excluding ortho intramolecular Hbond substituents is 1. The molecule has 2 heterocycles. The largest absolute Gasteiger partial charge is 0.507 e. The van der Waals surface area contributed by atoms with Gasteiger partial charge in [-0.3, -0.25) is 19.5 Å². The Morgan fingerprint density at radius 1 is 1.30 bits per heavy atom. The number of fused-ring (bicyclic) bond motifs is 1. The summed E-state index contributed by atoms with van der Waals surface area (Å²) in [7, 11) is 0. The fraction of sp³-hybridized carbons (Fsp3) is 0.174. The van der Waals surface area contributed by atoms with Gasteiger partial charge in [-0.25, -0.2) is 9.79 Å². The van der Waals surface area contributed by atoms with Crippen molar-refractivity contribution in [1.82, 2.24) is 4.57 Å². The van der Waals surface area contributed by atoms with Crippen LogP contribution < -0.4 is 14.9 Å². The van der Waals surface area contributed by atoms with Crippen LogP contribution >= 0.6 is 11.3 Å². The molecule has 0 aliphatic carbocycles. The Kier molecular flexibility index (Phi) is 5.93. The van der Waals surface area contributed by atoms with E-state index in [1.165, 1.54) is 28.8 Å². The molecule has 168 valence electrons. The number of carbonyl (C=O) groups is 1. The first-order valence-electron chi connectivity index (χ1n) is 10.0. The van der Waals surface area contributed by atoms with Crippen LogP contribution in [-0.2, 0) is 9.53 Å². The number of hydrogen-bond acceptors (Lipinski definition) is 8. The number of thiazole rings is 1. The minimum Gasteiger partial charge on any atom is -0.507 e. The summed E-state index contributed by atoms with van der Waals surface area (Å²) in [5.74, 6) is -0.621. The number of nitro groups is 1. The second-order valence-electron chi connectivity index (χ2n) is 7.20. The van der Waals surface area contributed by atoms with Gasteiger partial charge in [0.1, 0.15) is 11.8 Å². The van der Waals surface area contributed by atoms with E-state index in [4.69, 9.17) is 4.74 Å². The highest BCUT2D eigenvalue weighted by molar-refractivity contribution is 7.07. The zero-order valence-electron chi connectivity index (χ0n) is 17.7. The fourth-order valence-electron chi connectivity index (χ4n) is 3.62. The third-order valence-electron chi connectivity index (χ3n) is 5.16. The number of nitro benzene ring substituents is 1. The second kappa shape index (κ2) is 8.83. The van der Waals surface area contributed by atoms with Crippen molar-refractivity contribution in [3.63, 3.8) is 0 Å². The van der Waals surface area contributed by atoms with Gasteiger partial charge >= 0.3 is 5.97 Å². The van der Waals surface area contributed by atoms with Crippen LogP contribution in [0.4, 0.5) is 5.69 Å². The van der Waals surface area contributed by atoms with E-state index in [0.29, 0.717) is 26.2 Å².